The molecule has 0 unspecified atom stereocenters. The first-order valence-electron chi connectivity index (χ1n) is 10.9. The molecule has 0 aliphatic carbocycles. The molecule has 3 aromatic heterocycles. The predicted octanol–water partition coefficient (Wildman–Crippen LogP) is 7.14. The molecule has 176 valence electrons. The first kappa shape index (κ1) is 24.8. The summed E-state index contributed by atoms with van der Waals surface area (Å²) in [6, 6.07) is 30.9. The van der Waals surface area contributed by atoms with Gasteiger partial charge in [-0.2, -0.15) is 0 Å². The van der Waals surface area contributed by atoms with E-state index in [1.165, 1.54) is 0 Å². The van der Waals surface area contributed by atoms with Crippen molar-refractivity contribution >= 4 is 11.8 Å². The number of nitrogens with zero attached hydrogens (tertiary/aromatic N) is 3. The van der Waals surface area contributed by atoms with E-state index in [9.17, 15) is 5.11 Å². The Labute approximate surface area is 223 Å². The van der Waals surface area contributed by atoms with Crippen LogP contribution in [0.5, 0.6) is 5.75 Å². The SMILES string of the molecule is Cc1cc(-c2cc(-c3[c-]c(Sc4ccccn4)ccc3)nc(-c3ccccc3O)c2)cc(C)n1.[Pt]. The summed E-state index contributed by atoms with van der Waals surface area (Å²) in [6.45, 7) is 3.99. The molecule has 0 saturated carbocycles. The Morgan fingerprint density at radius 3 is 2.20 bits per heavy atom. The van der Waals surface area contributed by atoms with E-state index in [0.717, 1.165) is 43.7 Å². The molecule has 5 aromatic rings. The summed E-state index contributed by atoms with van der Waals surface area (Å²) < 4.78 is 0. The molecule has 0 aliphatic heterocycles. The van der Waals surface area contributed by atoms with Crippen molar-refractivity contribution in [2.24, 2.45) is 0 Å². The fraction of sp³-hybridized carbons (Fsp3) is 0.0690. The van der Waals surface area contributed by atoms with Gasteiger partial charge in [0.2, 0.25) is 0 Å². The molecule has 3 heterocycles. The van der Waals surface area contributed by atoms with E-state index < -0.39 is 0 Å². The standard InChI is InChI=1S/C29H22N3OS.Pt/c1-19-14-22(15-20(2)31-19)23-17-26(32-27(18-23)25-10-3-4-11-28(25)33)21-8-7-9-24(16-21)34-29-12-5-6-13-30-29;/h3-15,17-18,33H,1-2H3;/q-1;. The first-order valence-corrected chi connectivity index (χ1v) is 11.7. The molecule has 6 heteroatoms. The average molecular weight is 656 g/mol. The van der Waals surface area contributed by atoms with Gasteiger partial charge in [-0.05, 0) is 73.1 Å². The molecule has 0 aliphatic rings. The number of phenolic OH excluding ortho intramolecular Hbond substituents is 1. The monoisotopic (exact) mass is 655 g/mol. The maximum Gasteiger partial charge on any atom is 0.124 e. The number of benzene rings is 2. The van der Waals surface area contributed by atoms with Crippen LogP contribution < -0.4 is 0 Å². The normalized spacial score (nSPS) is 10.6. The minimum atomic E-state index is 0. The van der Waals surface area contributed by atoms with Gasteiger partial charge in [-0.1, -0.05) is 40.9 Å². The summed E-state index contributed by atoms with van der Waals surface area (Å²) in [5.74, 6) is 0.198. The van der Waals surface area contributed by atoms with Gasteiger partial charge in [-0.15, -0.1) is 29.8 Å². The van der Waals surface area contributed by atoms with Crippen LogP contribution in [0.2, 0.25) is 0 Å². The zero-order chi connectivity index (χ0) is 23.5. The molecular formula is C29H22N3OPtS-. The maximum atomic E-state index is 10.5. The van der Waals surface area contributed by atoms with Gasteiger partial charge in [-0.25, -0.2) is 4.98 Å². The second kappa shape index (κ2) is 11.0. The minimum absolute atomic E-state index is 0. The van der Waals surface area contributed by atoms with Crippen molar-refractivity contribution in [1.29, 1.82) is 0 Å². The van der Waals surface area contributed by atoms with Crippen molar-refractivity contribution in [3.05, 3.63) is 109 Å². The van der Waals surface area contributed by atoms with Crippen LogP contribution in [-0.2, 0) is 21.1 Å². The predicted molar refractivity (Wildman–Crippen MR) is 137 cm³/mol. The van der Waals surface area contributed by atoms with Gasteiger partial charge in [-0.3, -0.25) is 9.97 Å². The molecule has 0 amide bonds. The number of aryl methyl sites for hydroxylation is 2. The summed E-state index contributed by atoms with van der Waals surface area (Å²) >= 11 is 1.56. The molecule has 1 N–H and O–H groups in total. The number of para-hydroxylation sites is 1. The smallest absolute Gasteiger partial charge is 0.124 e. The Hall–Kier alpha value is -3.27. The van der Waals surface area contributed by atoms with Gasteiger partial charge in [0.05, 0.1) is 10.7 Å². The van der Waals surface area contributed by atoms with Crippen LogP contribution in [0.25, 0.3) is 33.6 Å². The Balaban J connectivity index is 0.00000289. The summed E-state index contributed by atoms with van der Waals surface area (Å²) in [5.41, 5.74) is 7.03. The number of hydrogen-bond acceptors (Lipinski definition) is 5. The molecule has 0 saturated heterocycles. The second-order valence-corrected chi connectivity index (χ2v) is 9.04. The summed E-state index contributed by atoms with van der Waals surface area (Å²) in [6.07, 6.45) is 1.79. The molecule has 0 spiro atoms. The second-order valence-electron chi connectivity index (χ2n) is 7.98. The minimum Gasteiger partial charge on any atom is -0.507 e. The maximum absolute atomic E-state index is 10.5. The zero-order valence-corrected chi connectivity index (χ0v) is 22.3. The van der Waals surface area contributed by atoms with Crippen molar-refractivity contribution in [1.82, 2.24) is 15.0 Å². The van der Waals surface area contributed by atoms with E-state index in [2.05, 4.69) is 34.2 Å². The number of rotatable bonds is 5. The number of phenols is 1. The Morgan fingerprint density at radius 1 is 0.743 bits per heavy atom. The van der Waals surface area contributed by atoms with Crippen molar-refractivity contribution in [3.8, 4) is 39.4 Å². The third kappa shape index (κ3) is 5.87. The molecule has 0 fully saturated rings. The van der Waals surface area contributed by atoms with Crippen LogP contribution >= 0.6 is 11.8 Å². The van der Waals surface area contributed by atoms with E-state index in [1.54, 1.807) is 24.0 Å². The zero-order valence-electron chi connectivity index (χ0n) is 19.2. The van der Waals surface area contributed by atoms with Crippen LogP contribution in [0.15, 0.2) is 101 Å². The number of hydrogen-bond donors (Lipinski definition) is 1. The van der Waals surface area contributed by atoms with Gasteiger partial charge in [0.25, 0.3) is 0 Å². The van der Waals surface area contributed by atoms with Gasteiger partial charge in [0.15, 0.2) is 0 Å². The summed E-state index contributed by atoms with van der Waals surface area (Å²) in [4.78, 5) is 14.8. The van der Waals surface area contributed by atoms with Crippen molar-refractivity contribution in [3.63, 3.8) is 0 Å². The van der Waals surface area contributed by atoms with E-state index in [0.29, 0.717) is 11.3 Å². The quantitative estimate of drug-likeness (QED) is 0.204. The van der Waals surface area contributed by atoms with Crippen LogP contribution in [-0.4, -0.2) is 20.1 Å². The number of aromatic hydroxyl groups is 1. The summed E-state index contributed by atoms with van der Waals surface area (Å²) in [7, 11) is 0. The molecule has 4 nitrogen and oxygen atoms in total. The van der Waals surface area contributed by atoms with E-state index >= 15 is 0 Å². The van der Waals surface area contributed by atoms with Gasteiger partial charge in [0, 0.05) is 44.2 Å². The van der Waals surface area contributed by atoms with Crippen molar-refractivity contribution < 1.29 is 26.2 Å². The van der Waals surface area contributed by atoms with E-state index in [4.69, 9.17) is 4.98 Å². The van der Waals surface area contributed by atoms with Gasteiger partial charge >= 0.3 is 0 Å². The number of aromatic nitrogens is 3. The molecule has 0 bridgehead atoms. The molecule has 5 rings (SSSR count). The topological polar surface area (TPSA) is 58.9 Å². The first-order chi connectivity index (χ1) is 16.5. The fourth-order valence-electron chi connectivity index (χ4n) is 3.84. The third-order valence-corrected chi connectivity index (χ3v) is 6.23. The Bertz CT molecular complexity index is 1450. The van der Waals surface area contributed by atoms with Crippen LogP contribution in [0.3, 0.4) is 0 Å². The third-order valence-electron chi connectivity index (χ3n) is 5.32. The Morgan fingerprint density at radius 2 is 1.46 bits per heavy atom. The average Bonchev–Trinajstić information content (AvgIpc) is 2.84. The van der Waals surface area contributed by atoms with E-state index in [-0.39, 0.29) is 26.8 Å². The van der Waals surface area contributed by atoms with Gasteiger partial charge < -0.3 is 5.11 Å². The van der Waals surface area contributed by atoms with Crippen molar-refractivity contribution in [2.45, 2.75) is 23.8 Å². The molecule has 0 atom stereocenters. The molecular weight excluding hydrogens is 633 g/mol. The molecule has 35 heavy (non-hydrogen) atoms. The molecule has 0 radical (unpaired) electrons. The largest absolute Gasteiger partial charge is 0.507 e. The Kier molecular flexibility index (Phi) is 7.79. The summed E-state index contributed by atoms with van der Waals surface area (Å²) in [5, 5.41) is 11.4. The van der Waals surface area contributed by atoms with Crippen LogP contribution in [0.1, 0.15) is 11.4 Å². The van der Waals surface area contributed by atoms with E-state index in [1.807, 2.05) is 74.5 Å². The van der Waals surface area contributed by atoms with Crippen LogP contribution in [0, 0.1) is 19.9 Å². The van der Waals surface area contributed by atoms with Crippen LogP contribution in [0.4, 0.5) is 0 Å². The molecule has 2 aromatic carbocycles. The fourth-order valence-corrected chi connectivity index (χ4v) is 4.63. The van der Waals surface area contributed by atoms with Gasteiger partial charge in [0.1, 0.15) is 5.75 Å². The number of pyridine rings is 3. The van der Waals surface area contributed by atoms with Crippen molar-refractivity contribution in [2.75, 3.05) is 0 Å².